The van der Waals surface area contributed by atoms with E-state index in [4.69, 9.17) is 21.0 Å². The van der Waals surface area contributed by atoms with E-state index in [1.54, 1.807) is 0 Å². The molecule has 0 fully saturated rings. The number of rotatable bonds is 0. The molecule has 0 saturated carbocycles. The monoisotopic (exact) mass is 151 g/mol. The molecule has 0 aromatic heterocycles. The second kappa shape index (κ2) is 6.81. The molecule has 0 spiro atoms. The standard InChI is InChI=1S/C6N4.Na/c7-1-5(2-8)6(3-9)4-10;. The molecule has 0 aromatic rings. The molecular formula is C6N4Na. The Balaban J connectivity index is 0. The molecule has 0 bridgehead atoms. The van der Waals surface area contributed by atoms with E-state index >= 15 is 0 Å². The van der Waals surface area contributed by atoms with Crippen molar-refractivity contribution in [3.05, 3.63) is 11.1 Å². The van der Waals surface area contributed by atoms with Crippen LogP contribution >= 0.6 is 0 Å². The zero-order chi connectivity index (χ0) is 7.98. The smallest absolute Gasteiger partial charge is 0.158 e. The summed E-state index contributed by atoms with van der Waals surface area (Å²) in [5, 5.41) is 32.5. The van der Waals surface area contributed by atoms with Crippen molar-refractivity contribution in [2.75, 3.05) is 0 Å². The summed E-state index contributed by atoms with van der Waals surface area (Å²) < 4.78 is 0. The van der Waals surface area contributed by atoms with E-state index in [1.165, 1.54) is 24.3 Å². The van der Waals surface area contributed by atoms with Gasteiger partial charge in [-0.25, -0.2) is 0 Å². The maximum absolute atomic E-state index is 8.13. The molecule has 0 unspecified atom stereocenters. The Bertz CT molecular complexity index is 262. The van der Waals surface area contributed by atoms with Gasteiger partial charge in [-0.05, 0) is 0 Å². The minimum Gasteiger partial charge on any atom is -0.192 e. The van der Waals surface area contributed by atoms with Gasteiger partial charge in [-0.15, -0.1) is 0 Å². The van der Waals surface area contributed by atoms with Crippen LogP contribution in [-0.2, 0) is 0 Å². The first-order valence-corrected chi connectivity index (χ1v) is 2.14. The third-order valence-electron chi connectivity index (χ3n) is 0.697. The Morgan fingerprint density at radius 2 is 0.818 bits per heavy atom. The molecule has 0 aliphatic rings. The summed E-state index contributed by atoms with van der Waals surface area (Å²) in [5.74, 6) is 0. The van der Waals surface area contributed by atoms with Crippen molar-refractivity contribution in [1.82, 2.24) is 0 Å². The molecular weight excluding hydrogens is 151 g/mol. The van der Waals surface area contributed by atoms with Crippen LogP contribution in [0, 0.1) is 45.3 Å². The molecule has 11 heavy (non-hydrogen) atoms. The molecule has 0 heterocycles. The molecule has 1 radical (unpaired) electrons. The van der Waals surface area contributed by atoms with Crippen LogP contribution in [0.3, 0.4) is 0 Å². The molecule has 45 valence electrons. The van der Waals surface area contributed by atoms with Crippen LogP contribution in [0.25, 0.3) is 0 Å². The van der Waals surface area contributed by atoms with Crippen molar-refractivity contribution in [3.63, 3.8) is 0 Å². The molecule has 0 saturated heterocycles. The number of hydrogen-bond acceptors (Lipinski definition) is 4. The van der Waals surface area contributed by atoms with Crippen LogP contribution in [-0.4, -0.2) is 29.6 Å². The minimum atomic E-state index is -0.440. The Kier molecular flexibility index (Phi) is 7.67. The number of nitrogens with zero attached hydrogens (tertiary/aromatic N) is 4. The van der Waals surface area contributed by atoms with Gasteiger partial charge >= 0.3 is 0 Å². The van der Waals surface area contributed by atoms with Crippen molar-refractivity contribution in [2.24, 2.45) is 0 Å². The van der Waals surface area contributed by atoms with Crippen molar-refractivity contribution in [3.8, 4) is 24.3 Å². The third-order valence-corrected chi connectivity index (χ3v) is 0.697. The van der Waals surface area contributed by atoms with Gasteiger partial charge < -0.3 is 0 Å². The molecule has 0 N–H and O–H groups in total. The van der Waals surface area contributed by atoms with E-state index in [-0.39, 0.29) is 29.6 Å². The second-order valence-corrected chi connectivity index (χ2v) is 1.20. The van der Waals surface area contributed by atoms with Gasteiger partial charge in [0.2, 0.25) is 0 Å². The van der Waals surface area contributed by atoms with Gasteiger partial charge in [0, 0.05) is 29.6 Å². The summed E-state index contributed by atoms with van der Waals surface area (Å²) in [7, 11) is 0. The Hall–Kier alpha value is -1.30. The van der Waals surface area contributed by atoms with Gasteiger partial charge in [-0.2, -0.15) is 21.0 Å². The number of hydrogen-bond donors (Lipinski definition) is 0. The fourth-order valence-corrected chi connectivity index (χ4v) is 0.274. The van der Waals surface area contributed by atoms with Gasteiger partial charge in [0.25, 0.3) is 0 Å². The zero-order valence-corrected chi connectivity index (χ0v) is 7.79. The summed E-state index contributed by atoms with van der Waals surface area (Å²) in [4.78, 5) is 0. The summed E-state index contributed by atoms with van der Waals surface area (Å²) in [6, 6.07) is 5.71. The van der Waals surface area contributed by atoms with E-state index in [2.05, 4.69) is 0 Å². The molecule has 0 aliphatic heterocycles. The topological polar surface area (TPSA) is 95.2 Å². The molecule has 0 aromatic carbocycles. The summed E-state index contributed by atoms with van der Waals surface area (Å²) in [6.45, 7) is 0. The van der Waals surface area contributed by atoms with Crippen molar-refractivity contribution >= 4 is 29.6 Å². The van der Waals surface area contributed by atoms with Crippen LogP contribution in [0.4, 0.5) is 0 Å². The Labute approximate surface area is 85.9 Å². The minimum absolute atomic E-state index is 0. The maximum atomic E-state index is 8.13. The fourth-order valence-electron chi connectivity index (χ4n) is 0.274. The van der Waals surface area contributed by atoms with Crippen LogP contribution in [0.1, 0.15) is 0 Å². The van der Waals surface area contributed by atoms with Crippen molar-refractivity contribution < 1.29 is 0 Å². The normalized spacial score (nSPS) is 5.09. The summed E-state index contributed by atoms with van der Waals surface area (Å²) >= 11 is 0. The predicted octanol–water partition coefficient (Wildman–Crippen LogP) is -0.00348. The van der Waals surface area contributed by atoms with Crippen molar-refractivity contribution in [1.29, 1.82) is 21.0 Å². The quantitative estimate of drug-likeness (QED) is 0.359. The Morgan fingerprint density at radius 1 is 0.636 bits per heavy atom. The first-order valence-electron chi connectivity index (χ1n) is 2.14. The van der Waals surface area contributed by atoms with E-state index in [0.29, 0.717) is 0 Å². The van der Waals surface area contributed by atoms with Gasteiger partial charge in [0.15, 0.2) is 11.1 Å². The SMILES string of the molecule is N#CC(C#N)=C(C#N)C#N.[Na]. The fraction of sp³-hybridized carbons (Fsp3) is 0. The third kappa shape index (κ3) is 3.41. The molecule has 0 atom stereocenters. The first-order chi connectivity index (χ1) is 4.79. The average molecular weight is 151 g/mol. The van der Waals surface area contributed by atoms with E-state index in [1.807, 2.05) is 0 Å². The Morgan fingerprint density at radius 3 is 0.909 bits per heavy atom. The first kappa shape index (κ1) is 12.4. The van der Waals surface area contributed by atoms with E-state index < -0.39 is 11.1 Å². The van der Waals surface area contributed by atoms with Crippen LogP contribution in [0.5, 0.6) is 0 Å². The number of allylic oxidation sites excluding steroid dienone is 2. The van der Waals surface area contributed by atoms with Crippen LogP contribution < -0.4 is 0 Å². The molecule has 0 aliphatic carbocycles. The largest absolute Gasteiger partial charge is 0.192 e. The summed E-state index contributed by atoms with van der Waals surface area (Å²) in [6.07, 6.45) is 0. The zero-order valence-electron chi connectivity index (χ0n) is 5.79. The molecule has 0 rings (SSSR count). The van der Waals surface area contributed by atoms with Gasteiger partial charge in [0.1, 0.15) is 24.3 Å². The van der Waals surface area contributed by atoms with E-state index in [0.717, 1.165) is 0 Å². The molecule has 5 heteroatoms. The average Bonchev–Trinajstić information content (AvgIpc) is 2.00. The predicted molar refractivity (Wildman–Crippen MR) is 35.2 cm³/mol. The van der Waals surface area contributed by atoms with Crippen molar-refractivity contribution in [2.45, 2.75) is 0 Å². The van der Waals surface area contributed by atoms with Gasteiger partial charge in [-0.1, -0.05) is 0 Å². The van der Waals surface area contributed by atoms with Crippen LogP contribution in [0.2, 0.25) is 0 Å². The number of nitriles is 4. The molecule has 4 nitrogen and oxygen atoms in total. The maximum Gasteiger partial charge on any atom is 0.158 e. The van der Waals surface area contributed by atoms with Crippen LogP contribution in [0.15, 0.2) is 11.1 Å². The van der Waals surface area contributed by atoms with Gasteiger partial charge in [0.05, 0.1) is 0 Å². The second-order valence-electron chi connectivity index (χ2n) is 1.20. The summed E-state index contributed by atoms with van der Waals surface area (Å²) in [5.41, 5.74) is -0.880. The van der Waals surface area contributed by atoms with Gasteiger partial charge in [-0.3, -0.25) is 0 Å². The van der Waals surface area contributed by atoms with E-state index in [9.17, 15) is 0 Å². The molecule has 0 amide bonds.